The van der Waals surface area contributed by atoms with Crippen LogP contribution in [0.3, 0.4) is 0 Å². The molecule has 0 radical (unpaired) electrons. The number of hydrogen-bond donors (Lipinski definition) is 0. The van der Waals surface area contributed by atoms with E-state index < -0.39 is 5.97 Å². The lowest BCUT2D eigenvalue weighted by Gasteiger charge is -2.31. The molecule has 1 aromatic rings. The van der Waals surface area contributed by atoms with Gasteiger partial charge in [0.15, 0.2) is 0 Å². The van der Waals surface area contributed by atoms with Crippen LogP contribution in [0.4, 0.5) is 0 Å². The molecule has 0 amide bonds. The van der Waals surface area contributed by atoms with E-state index in [9.17, 15) is 0 Å². The second-order valence-electron chi connectivity index (χ2n) is 5.36. The standard InChI is InChI=1S/C14H22O4.C10H10/c1-5-9-15-13-14(16-10-6-2,17-11-7-3)18-12-8-4;1-3-9-5-7-10(4-2)8-6-9/h5-8H,1-4,9-13H2;3-8H,1-2H2. The van der Waals surface area contributed by atoms with Gasteiger partial charge in [-0.3, -0.25) is 0 Å². The average Bonchev–Trinajstić information content (AvgIpc) is 2.75. The summed E-state index contributed by atoms with van der Waals surface area (Å²) in [7, 11) is 0. The van der Waals surface area contributed by atoms with Gasteiger partial charge in [0.1, 0.15) is 6.61 Å². The Morgan fingerprint density at radius 2 is 0.964 bits per heavy atom. The van der Waals surface area contributed by atoms with Crippen molar-refractivity contribution in [1.82, 2.24) is 0 Å². The molecule has 0 fully saturated rings. The predicted octanol–water partition coefficient (Wildman–Crippen LogP) is 5.42. The smallest absolute Gasteiger partial charge is 0.308 e. The molecule has 0 heterocycles. The highest BCUT2D eigenvalue weighted by Crippen LogP contribution is 2.17. The fraction of sp³-hybridized carbons (Fsp3) is 0.250. The summed E-state index contributed by atoms with van der Waals surface area (Å²) in [6.45, 7) is 23.0. The van der Waals surface area contributed by atoms with Crippen LogP contribution in [0.15, 0.2) is 88.0 Å². The van der Waals surface area contributed by atoms with Crippen molar-refractivity contribution < 1.29 is 18.9 Å². The van der Waals surface area contributed by atoms with Crippen molar-refractivity contribution in [2.45, 2.75) is 5.97 Å². The third-order valence-corrected chi connectivity index (χ3v) is 3.19. The average molecular weight is 385 g/mol. The van der Waals surface area contributed by atoms with E-state index in [1.54, 1.807) is 24.3 Å². The molecule has 0 aliphatic heterocycles. The van der Waals surface area contributed by atoms with E-state index in [1.807, 2.05) is 36.4 Å². The minimum Gasteiger partial charge on any atom is -0.369 e. The molecule has 0 unspecified atom stereocenters. The Balaban J connectivity index is 0.000000609. The molecule has 0 aliphatic rings. The van der Waals surface area contributed by atoms with Crippen LogP contribution in [0.25, 0.3) is 12.2 Å². The molecule has 4 nitrogen and oxygen atoms in total. The minimum atomic E-state index is -1.28. The first-order valence-electron chi connectivity index (χ1n) is 8.89. The lowest BCUT2D eigenvalue weighted by atomic mass is 10.1. The van der Waals surface area contributed by atoms with Gasteiger partial charge in [-0.15, -0.1) is 26.3 Å². The monoisotopic (exact) mass is 384 g/mol. The first-order chi connectivity index (χ1) is 13.6. The van der Waals surface area contributed by atoms with Crippen molar-refractivity contribution in [3.63, 3.8) is 0 Å². The summed E-state index contributed by atoms with van der Waals surface area (Å²) in [5, 5.41) is 0. The maximum absolute atomic E-state index is 5.51. The van der Waals surface area contributed by atoms with Crippen molar-refractivity contribution >= 4 is 12.2 Å². The van der Waals surface area contributed by atoms with Gasteiger partial charge >= 0.3 is 5.97 Å². The molecule has 0 aromatic heterocycles. The second-order valence-corrected chi connectivity index (χ2v) is 5.36. The van der Waals surface area contributed by atoms with Gasteiger partial charge in [-0.25, -0.2) is 0 Å². The molecule has 0 saturated heterocycles. The van der Waals surface area contributed by atoms with Crippen molar-refractivity contribution in [2.24, 2.45) is 0 Å². The predicted molar refractivity (Wildman–Crippen MR) is 119 cm³/mol. The zero-order valence-corrected chi connectivity index (χ0v) is 16.7. The van der Waals surface area contributed by atoms with Gasteiger partial charge in [0.25, 0.3) is 0 Å². The van der Waals surface area contributed by atoms with E-state index >= 15 is 0 Å². The Morgan fingerprint density at radius 1 is 0.607 bits per heavy atom. The first-order valence-corrected chi connectivity index (χ1v) is 8.89. The molecule has 28 heavy (non-hydrogen) atoms. The molecule has 4 heteroatoms. The lowest BCUT2D eigenvalue weighted by Crippen LogP contribution is -2.44. The zero-order chi connectivity index (χ0) is 21.1. The molecule has 1 aromatic carbocycles. The molecular weight excluding hydrogens is 352 g/mol. The van der Waals surface area contributed by atoms with Gasteiger partial charge in [-0.1, -0.05) is 73.9 Å². The SMILES string of the molecule is C=CCOCC(OCC=C)(OCC=C)OCC=C.C=Cc1ccc(C=C)cc1. The summed E-state index contributed by atoms with van der Waals surface area (Å²) in [5.74, 6) is -1.28. The van der Waals surface area contributed by atoms with Crippen molar-refractivity contribution in [3.8, 4) is 0 Å². The van der Waals surface area contributed by atoms with Gasteiger partial charge in [0.05, 0.1) is 26.4 Å². The number of rotatable bonds is 15. The highest BCUT2D eigenvalue weighted by Gasteiger charge is 2.33. The van der Waals surface area contributed by atoms with Crippen LogP contribution in [0.1, 0.15) is 11.1 Å². The highest BCUT2D eigenvalue weighted by molar-refractivity contribution is 5.53. The van der Waals surface area contributed by atoms with Crippen LogP contribution < -0.4 is 0 Å². The van der Waals surface area contributed by atoms with Crippen LogP contribution in [-0.4, -0.2) is 39.0 Å². The van der Waals surface area contributed by atoms with Crippen LogP contribution in [-0.2, 0) is 18.9 Å². The van der Waals surface area contributed by atoms with Gasteiger partial charge in [0.2, 0.25) is 0 Å². The Labute approximate surface area is 169 Å². The van der Waals surface area contributed by atoms with E-state index in [4.69, 9.17) is 18.9 Å². The van der Waals surface area contributed by atoms with Crippen LogP contribution in [0.2, 0.25) is 0 Å². The van der Waals surface area contributed by atoms with Gasteiger partial charge in [-0.05, 0) is 11.1 Å². The maximum atomic E-state index is 5.51. The normalized spacial score (nSPS) is 10.1. The van der Waals surface area contributed by atoms with E-state index in [0.717, 1.165) is 11.1 Å². The summed E-state index contributed by atoms with van der Waals surface area (Å²) < 4.78 is 21.9. The molecule has 152 valence electrons. The van der Waals surface area contributed by atoms with Gasteiger partial charge in [-0.2, -0.15) is 0 Å². The molecule has 0 atom stereocenters. The van der Waals surface area contributed by atoms with E-state index in [0.29, 0.717) is 6.61 Å². The number of ether oxygens (including phenoxy) is 4. The Kier molecular flexibility index (Phi) is 15.2. The number of benzene rings is 1. The summed E-state index contributed by atoms with van der Waals surface area (Å²) in [5.41, 5.74) is 2.29. The number of hydrogen-bond acceptors (Lipinski definition) is 4. The summed E-state index contributed by atoms with van der Waals surface area (Å²) >= 11 is 0. The quantitative estimate of drug-likeness (QED) is 0.230. The summed E-state index contributed by atoms with van der Waals surface area (Å²) in [6.07, 6.45) is 10.1. The maximum Gasteiger partial charge on any atom is 0.308 e. The van der Waals surface area contributed by atoms with Crippen LogP contribution in [0.5, 0.6) is 0 Å². The van der Waals surface area contributed by atoms with E-state index in [2.05, 4.69) is 39.5 Å². The molecule has 0 aliphatic carbocycles. The molecule has 1 rings (SSSR count). The zero-order valence-electron chi connectivity index (χ0n) is 16.7. The summed E-state index contributed by atoms with van der Waals surface area (Å²) in [6, 6.07) is 8.07. The van der Waals surface area contributed by atoms with E-state index in [-0.39, 0.29) is 26.4 Å². The molecular formula is C24H32O4. The molecule has 0 saturated carbocycles. The molecule has 0 N–H and O–H groups in total. The molecule has 0 bridgehead atoms. The van der Waals surface area contributed by atoms with Crippen molar-refractivity contribution in [1.29, 1.82) is 0 Å². The third-order valence-electron chi connectivity index (χ3n) is 3.19. The van der Waals surface area contributed by atoms with Crippen molar-refractivity contribution in [2.75, 3.05) is 33.0 Å². The van der Waals surface area contributed by atoms with E-state index in [1.165, 1.54) is 0 Å². The second kappa shape index (κ2) is 16.7. The lowest BCUT2D eigenvalue weighted by molar-refractivity contribution is -0.384. The van der Waals surface area contributed by atoms with Gasteiger partial charge in [0, 0.05) is 0 Å². The van der Waals surface area contributed by atoms with Crippen LogP contribution >= 0.6 is 0 Å². The Bertz CT molecular complexity index is 543. The highest BCUT2D eigenvalue weighted by atomic mass is 16.9. The van der Waals surface area contributed by atoms with Crippen molar-refractivity contribution in [3.05, 3.63) is 99.2 Å². The Morgan fingerprint density at radius 3 is 1.25 bits per heavy atom. The van der Waals surface area contributed by atoms with Gasteiger partial charge < -0.3 is 18.9 Å². The fourth-order valence-electron chi connectivity index (χ4n) is 1.84. The topological polar surface area (TPSA) is 36.9 Å². The molecule has 0 spiro atoms. The minimum absolute atomic E-state index is 0.120. The first kappa shape index (κ1) is 25.5. The van der Waals surface area contributed by atoms with Crippen LogP contribution in [0, 0.1) is 0 Å². The summed E-state index contributed by atoms with van der Waals surface area (Å²) in [4.78, 5) is 0. The fourth-order valence-corrected chi connectivity index (χ4v) is 1.84. The third kappa shape index (κ3) is 11.3. The Hall–Kier alpha value is -2.50. The largest absolute Gasteiger partial charge is 0.369 e.